The average molecular weight is 727 g/mol. The van der Waals surface area contributed by atoms with E-state index >= 15 is 0 Å². The Hall–Kier alpha value is -3.23. The number of carbonyl (C=O) groups excluding carboxylic acids is 1. The van der Waals surface area contributed by atoms with Gasteiger partial charge >= 0.3 is 18.4 Å². The summed E-state index contributed by atoms with van der Waals surface area (Å²) in [5.41, 5.74) is 1.70. The van der Waals surface area contributed by atoms with Crippen LogP contribution in [0.3, 0.4) is 0 Å². The Kier molecular flexibility index (Phi) is 12.7. The van der Waals surface area contributed by atoms with Gasteiger partial charge in [0.15, 0.2) is 0 Å². The zero-order valence-corrected chi connectivity index (χ0v) is 30.0. The Labute approximate surface area is 297 Å². The van der Waals surface area contributed by atoms with Crippen LogP contribution in [0.4, 0.5) is 42.5 Å². The van der Waals surface area contributed by atoms with Gasteiger partial charge in [0.1, 0.15) is 5.60 Å². The van der Waals surface area contributed by atoms with Gasteiger partial charge in [0.2, 0.25) is 0 Å². The van der Waals surface area contributed by atoms with E-state index in [-0.39, 0.29) is 6.09 Å². The first-order valence-electron chi connectivity index (χ1n) is 18.1. The second-order valence-electron chi connectivity index (χ2n) is 14.8. The first-order valence-corrected chi connectivity index (χ1v) is 18.1. The lowest BCUT2D eigenvalue weighted by Crippen LogP contribution is -2.49. The van der Waals surface area contributed by atoms with E-state index < -0.39 is 29.1 Å². The van der Waals surface area contributed by atoms with Gasteiger partial charge in [0.25, 0.3) is 0 Å². The van der Waals surface area contributed by atoms with Crippen LogP contribution < -0.4 is 15.1 Å². The van der Waals surface area contributed by atoms with Crippen LogP contribution in [0, 0.1) is 0 Å². The van der Waals surface area contributed by atoms with Crippen molar-refractivity contribution >= 4 is 17.5 Å². The molecule has 6 rings (SSSR count). The number of hydrogen-bond acceptors (Lipinski definition) is 7. The van der Waals surface area contributed by atoms with Crippen molar-refractivity contribution in [2.75, 3.05) is 88.3 Å². The molecule has 0 atom stereocenters. The number of amides is 1. The van der Waals surface area contributed by atoms with Gasteiger partial charge in [0.05, 0.1) is 11.1 Å². The second kappa shape index (κ2) is 16.6. The van der Waals surface area contributed by atoms with E-state index in [0.717, 1.165) is 101 Å². The van der Waals surface area contributed by atoms with E-state index in [2.05, 4.69) is 24.9 Å². The van der Waals surface area contributed by atoms with Crippen molar-refractivity contribution in [3.05, 3.63) is 58.7 Å². The number of alkyl halides is 6. The third kappa shape index (κ3) is 11.1. The van der Waals surface area contributed by atoms with Gasteiger partial charge in [0, 0.05) is 103 Å². The van der Waals surface area contributed by atoms with Crippen molar-refractivity contribution in [2.24, 2.45) is 0 Å². The first kappa shape index (κ1) is 39.0. The summed E-state index contributed by atoms with van der Waals surface area (Å²) >= 11 is 0. The highest BCUT2D eigenvalue weighted by atomic mass is 19.4. The molecule has 0 bridgehead atoms. The molecule has 14 heteroatoms. The van der Waals surface area contributed by atoms with Crippen LogP contribution in [-0.2, 0) is 30.2 Å². The minimum Gasteiger partial charge on any atom is -0.444 e. The van der Waals surface area contributed by atoms with E-state index in [1.807, 2.05) is 20.8 Å². The summed E-state index contributed by atoms with van der Waals surface area (Å²) in [4.78, 5) is 22.5. The second-order valence-corrected chi connectivity index (χ2v) is 14.8. The number of anilines is 2. The first-order chi connectivity index (χ1) is 24.1. The zero-order valence-electron chi connectivity index (χ0n) is 30.0. The maximum absolute atomic E-state index is 13.2. The van der Waals surface area contributed by atoms with Crippen molar-refractivity contribution in [3.63, 3.8) is 0 Å². The third-order valence-electron chi connectivity index (χ3n) is 9.74. The van der Waals surface area contributed by atoms with E-state index in [0.29, 0.717) is 38.4 Å². The van der Waals surface area contributed by atoms with Crippen LogP contribution in [0.2, 0.25) is 0 Å². The van der Waals surface area contributed by atoms with Crippen molar-refractivity contribution in [1.29, 1.82) is 0 Å². The standard InChI is InChI=1S/C21H30F3N3O2.C16H22F3N3/c1-20(2,3)29-19(28)27-12-10-25(11-13-27)15-16-6-7-17(21(22,23)24)14-18(16)26-8-4-5-9-26;17-16(18,19)14-4-3-13(12-21-9-5-20-6-10-21)15(11-14)22-7-1-2-8-22/h6-7,14H,4-5,8-13,15H2,1-3H3;3-4,11,20H,1-2,5-10,12H2. The third-order valence-corrected chi connectivity index (χ3v) is 9.74. The van der Waals surface area contributed by atoms with Crippen LogP contribution in [0.25, 0.3) is 0 Å². The molecule has 0 saturated carbocycles. The van der Waals surface area contributed by atoms with Crippen LogP contribution in [0.1, 0.15) is 68.7 Å². The highest BCUT2D eigenvalue weighted by Crippen LogP contribution is 2.36. The normalized spacial score (nSPS) is 19.7. The summed E-state index contributed by atoms with van der Waals surface area (Å²) in [7, 11) is 0. The number of nitrogens with one attached hydrogen (secondary N) is 1. The molecule has 4 aliphatic rings. The van der Waals surface area contributed by atoms with E-state index in [4.69, 9.17) is 4.74 Å². The molecular formula is C37H52F6N6O2. The maximum Gasteiger partial charge on any atom is 0.416 e. The smallest absolute Gasteiger partial charge is 0.416 e. The summed E-state index contributed by atoms with van der Waals surface area (Å²) in [6.07, 6.45) is -4.81. The molecule has 0 aromatic heterocycles. The molecule has 4 aliphatic heterocycles. The SMILES string of the molecule is CC(C)(C)OC(=O)N1CCN(Cc2ccc(C(F)(F)F)cc2N2CCCC2)CC1.FC(F)(F)c1ccc(CN2CCNCC2)c(N2CCCC2)c1. The van der Waals surface area contributed by atoms with Gasteiger partial charge in [-0.1, -0.05) is 12.1 Å². The predicted molar refractivity (Wildman–Crippen MR) is 187 cm³/mol. The summed E-state index contributed by atoms with van der Waals surface area (Å²) in [5.74, 6) is 0. The quantitative estimate of drug-likeness (QED) is 0.320. The van der Waals surface area contributed by atoms with Crippen molar-refractivity contribution in [2.45, 2.75) is 77.5 Å². The number of hydrogen-bond donors (Lipinski definition) is 1. The number of piperazine rings is 2. The number of halogens is 6. The molecule has 1 amide bonds. The Morgan fingerprint density at radius 2 is 1.04 bits per heavy atom. The molecule has 0 spiro atoms. The molecule has 0 aliphatic carbocycles. The van der Waals surface area contributed by atoms with Crippen molar-refractivity contribution in [3.8, 4) is 0 Å². The molecule has 51 heavy (non-hydrogen) atoms. The van der Waals surface area contributed by atoms with E-state index in [1.165, 1.54) is 24.3 Å². The number of rotatable bonds is 6. The van der Waals surface area contributed by atoms with Crippen LogP contribution in [-0.4, -0.2) is 105 Å². The average Bonchev–Trinajstić information content (AvgIpc) is 3.80. The summed E-state index contributed by atoms with van der Waals surface area (Å²) in [6, 6.07) is 8.29. The minimum atomic E-state index is -4.34. The molecular weight excluding hydrogens is 674 g/mol. The van der Waals surface area contributed by atoms with Gasteiger partial charge in [-0.25, -0.2) is 4.79 Å². The lowest BCUT2D eigenvalue weighted by molar-refractivity contribution is -0.138. The van der Waals surface area contributed by atoms with Gasteiger partial charge in [-0.3, -0.25) is 9.80 Å². The van der Waals surface area contributed by atoms with Crippen molar-refractivity contribution in [1.82, 2.24) is 20.0 Å². The number of carbonyl (C=O) groups is 1. The predicted octanol–water partition coefficient (Wildman–Crippen LogP) is 7.07. The Balaban J connectivity index is 0.000000205. The largest absolute Gasteiger partial charge is 0.444 e. The highest BCUT2D eigenvalue weighted by Gasteiger charge is 2.34. The fourth-order valence-electron chi connectivity index (χ4n) is 7.02. The molecule has 2 aromatic rings. The molecule has 8 nitrogen and oxygen atoms in total. The van der Waals surface area contributed by atoms with Crippen LogP contribution >= 0.6 is 0 Å². The molecule has 4 heterocycles. The molecule has 4 fully saturated rings. The summed E-state index contributed by atoms with van der Waals surface area (Å²) < 4.78 is 84.1. The van der Waals surface area contributed by atoms with E-state index in [1.54, 1.807) is 17.0 Å². The number of ether oxygens (including phenoxy) is 1. The lowest BCUT2D eigenvalue weighted by Gasteiger charge is -2.36. The van der Waals surface area contributed by atoms with Gasteiger partial charge < -0.3 is 24.8 Å². The fraction of sp³-hybridized carbons (Fsp3) is 0.649. The Bertz CT molecular complexity index is 1440. The van der Waals surface area contributed by atoms with Crippen LogP contribution in [0.15, 0.2) is 36.4 Å². The van der Waals surface area contributed by atoms with Gasteiger partial charge in [-0.15, -0.1) is 0 Å². The van der Waals surface area contributed by atoms with E-state index in [9.17, 15) is 31.1 Å². The monoisotopic (exact) mass is 726 g/mol. The molecule has 2 aromatic carbocycles. The van der Waals surface area contributed by atoms with Crippen molar-refractivity contribution < 1.29 is 35.9 Å². The topological polar surface area (TPSA) is 54.5 Å². The lowest BCUT2D eigenvalue weighted by atomic mass is 10.1. The molecule has 0 radical (unpaired) electrons. The molecule has 4 saturated heterocycles. The van der Waals surface area contributed by atoms with Gasteiger partial charge in [-0.05, 0) is 81.8 Å². The number of nitrogens with zero attached hydrogens (tertiary/aromatic N) is 5. The molecule has 1 N–H and O–H groups in total. The zero-order chi connectivity index (χ0) is 36.8. The maximum atomic E-state index is 13.2. The molecule has 284 valence electrons. The molecule has 0 unspecified atom stereocenters. The minimum absolute atomic E-state index is 0.315. The van der Waals surface area contributed by atoms with Gasteiger partial charge in [-0.2, -0.15) is 26.3 Å². The Morgan fingerprint density at radius 3 is 1.43 bits per heavy atom. The van der Waals surface area contributed by atoms with Crippen LogP contribution in [0.5, 0.6) is 0 Å². The summed E-state index contributed by atoms with van der Waals surface area (Å²) in [5, 5.41) is 3.30. The summed E-state index contributed by atoms with van der Waals surface area (Å²) in [6.45, 7) is 16.3. The number of benzene rings is 2. The fourth-order valence-corrected chi connectivity index (χ4v) is 7.02. The highest BCUT2D eigenvalue weighted by molar-refractivity contribution is 5.68. The Morgan fingerprint density at radius 1 is 0.627 bits per heavy atom.